The first-order valence-electron chi connectivity index (χ1n) is 5.58. The maximum Gasteiger partial charge on any atom is 0.224 e. The molecule has 0 aliphatic heterocycles. The molecule has 4 nitrogen and oxygen atoms in total. The van der Waals surface area contributed by atoms with Gasteiger partial charge in [0.2, 0.25) is 5.95 Å². The number of anilines is 3. The minimum absolute atomic E-state index is 0.194. The van der Waals surface area contributed by atoms with E-state index in [0.717, 1.165) is 24.4 Å². The zero-order chi connectivity index (χ0) is 13.8. The van der Waals surface area contributed by atoms with Crippen molar-refractivity contribution in [3.8, 4) is 0 Å². The van der Waals surface area contributed by atoms with Gasteiger partial charge in [-0.15, -0.1) is 0 Å². The molecule has 0 saturated heterocycles. The lowest BCUT2D eigenvalue weighted by Gasteiger charge is -2.09. The maximum atomic E-state index is 13.5. The van der Waals surface area contributed by atoms with Crippen molar-refractivity contribution in [3.63, 3.8) is 0 Å². The minimum atomic E-state index is -0.759. The largest absolute Gasteiger partial charge is 0.354 e. The van der Waals surface area contributed by atoms with Crippen LogP contribution in [0, 0.1) is 17.5 Å². The fraction of sp³-hybridized carbons (Fsp3) is 0.167. The molecule has 2 N–H and O–H groups in total. The van der Waals surface area contributed by atoms with Crippen molar-refractivity contribution >= 4 is 17.5 Å². The summed E-state index contributed by atoms with van der Waals surface area (Å²) in [6.45, 7) is 2.38. The SMILES string of the molecule is CCNc1ncc(F)c(Nc2cc(F)ccc2F)n1. The van der Waals surface area contributed by atoms with Crippen LogP contribution in [0.5, 0.6) is 0 Å². The number of nitrogens with zero attached hydrogens (tertiary/aromatic N) is 2. The topological polar surface area (TPSA) is 49.8 Å². The lowest BCUT2D eigenvalue weighted by atomic mass is 10.3. The Kier molecular flexibility index (Phi) is 3.84. The highest BCUT2D eigenvalue weighted by Crippen LogP contribution is 2.22. The molecule has 1 aromatic heterocycles. The standard InChI is InChI=1S/C12H11F3N4/c1-2-16-12-17-6-9(15)11(19-12)18-10-5-7(13)3-4-8(10)14/h3-6H,2H2,1H3,(H2,16,17,18,19). The minimum Gasteiger partial charge on any atom is -0.354 e. The molecule has 19 heavy (non-hydrogen) atoms. The number of hydrogen-bond donors (Lipinski definition) is 2. The van der Waals surface area contributed by atoms with E-state index in [0.29, 0.717) is 6.54 Å². The van der Waals surface area contributed by atoms with Crippen molar-refractivity contribution in [2.75, 3.05) is 17.2 Å². The third kappa shape index (κ3) is 3.12. The van der Waals surface area contributed by atoms with Crippen LogP contribution in [-0.2, 0) is 0 Å². The monoisotopic (exact) mass is 268 g/mol. The molecule has 0 saturated carbocycles. The summed E-state index contributed by atoms with van der Waals surface area (Å²) in [5.74, 6) is -2.13. The van der Waals surface area contributed by atoms with E-state index in [1.165, 1.54) is 0 Å². The number of aromatic nitrogens is 2. The first-order valence-corrected chi connectivity index (χ1v) is 5.58. The Morgan fingerprint density at radius 2 is 1.95 bits per heavy atom. The van der Waals surface area contributed by atoms with Crippen molar-refractivity contribution in [1.82, 2.24) is 9.97 Å². The van der Waals surface area contributed by atoms with Gasteiger partial charge >= 0.3 is 0 Å². The van der Waals surface area contributed by atoms with Crippen LogP contribution in [0.3, 0.4) is 0 Å². The smallest absolute Gasteiger partial charge is 0.224 e. The Balaban J connectivity index is 2.31. The van der Waals surface area contributed by atoms with Gasteiger partial charge in [-0.3, -0.25) is 0 Å². The van der Waals surface area contributed by atoms with E-state index in [-0.39, 0.29) is 17.5 Å². The summed E-state index contributed by atoms with van der Waals surface area (Å²) in [4.78, 5) is 7.54. The summed E-state index contributed by atoms with van der Waals surface area (Å²) in [7, 11) is 0. The van der Waals surface area contributed by atoms with Gasteiger partial charge in [-0.25, -0.2) is 18.2 Å². The molecule has 2 rings (SSSR count). The van der Waals surface area contributed by atoms with Gasteiger partial charge in [0, 0.05) is 12.6 Å². The normalized spacial score (nSPS) is 10.3. The quantitative estimate of drug-likeness (QED) is 0.894. The number of rotatable bonds is 4. The van der Waals surface area contributed by atoms with E-state index in [4.69, 9.17) is 0 Å². The molecule has 0 amide bonds. The van der Waals surface area contributed by atoms with Gasteiger partial charge in [-0.1, -0.05) is 0 Å². The second-order valence-electron chi connectivity index (χ2n) is 3.67. The van der Waals surface area contributed by atoms with Crippen molar-refractivity contribution in [2.24, 2.45) is 0 Å². The average molecular weight is 268 g/mol. The number of nitrogens with one attached hydrogen (secondary N) is 2. The molecule has 0 radical (unpaired) electrons. The Labute approximate surface area is 107 Å². The van der Waals surface area contributed by atoms with Crippen molar-refractivity contribution < 1.29 is 13.2 Å². The number of benzene rings is 1. The Morgan fingerprint density at radius 1 is 1.16 bits per heavy atom. The third-order valence-electron chi connectivity index (χ3n) is 2.26. The fourth-order valence-electron chi connectivity index (χ4n) is 1.42. The molecule has 0 spiro atoms. The van der Waals surface area contributed by atoms with Crippen molar-refractivity contribution in [1.29, 1.82) is 0 Å². The first-order chi connectivity index (χ1) is 9.10. The second-order valence-corrected chi connectivity index (χ2v) is 3.67. The summed E-state index contributed by atoms with van der Waals surface area (Å²) in [6.07, 6.45) is 0.949. The predicted octanol–water partition coefficient (Wildman–Crippen LogP) is 3.07. The molecule has 0 atom stereocenters. The molecule has 0 fully saturated rings. The summed E-state index contributed by atoms with van der Waals surface area (Å²) in [5.41, 5.74) is -0.194. The highest BCUT2D eigenvalue weighted by atomic mass is 19.1. The van der Waals surface area contributed by atoms with Crippen LogP contribution in [0.4, 0.5) is 30.6 Å². The van der Waals surface area contributed by atoms with Crippen molar-refractivity contribution in [3.05, 3.63) is 41.8 Å². The molecule has 1 heterocycles. The van der Waals surface area contributed by atoms with E-state index < -0.39 is 17.5 Å². The zero-order valence-corrected chi connectivity index (χ0v) is 10.0. The third-order valence-corrected chi connectivity index (χ3v) is 2.26. The van der Waals surface area contributed by atoms with Crippen LogP contribution in [-0.4, -0.2) is 16.5 Å². The molecular weight excluding hydrogens is 257 g/mol. The molecule has 100 valence electrons. The van der Waals surface area contributed by atoms with E-state index in [9.17, 15) is 13.2 Å². The van der Waals surface area contributed by atoms with Gasteiger partial charge < -0.3 is 10.6 Å². The molecule has 7 heteroatoms. The van der Waals surface area contributed by atoms with Crippen LogP contribution in [0.1, 0.15) is 6.92 Å². The van der Waals surface area contributed by atoms with Crippen LogP contribution in [0.2, 0.25) is 0 Å². The van der Waals surface area contributed by atoms with Gasteiger partial charge in [0.25, 0.3) is 0 Å². The molecule has 1 aromatic carbocycles. The molecule has 0 aliphatic carbocycles. The Bertz CT molecular complexity index is 589. The lowest BCUT2D eigenvalue weighted by Crippen LogP contribution is -2.06. The fourth-order valence-corrected chi connectivity index (χ4v) is 1.42. The molecule has 0 bridgehead atoms. The Hall–Kier alpha value is -2.31. The number of hydrogen-bond acceptors (Lipinski definition) is 4. The van der Waals surface area contributed by atoms with E-state index in [2.05, 4.69) is 20.6 Å². The average Bonchev–Trinajstić information content (AvgIpc) is 2.38. The maximum absolute atomic E-state index is 13.5. The van der Waals surface area contributed by atoms with Gasteiger partial charge in [0.05, 0.1) is 11.9 Å². The molecule has 2 aromatic rings. The first kappa shape index (κ1) is 13.1. The molecule has 0 unspecified atom stereocenters. The van der Waals surface area contributed by atoms with E-state index in [1.54, 1.807) is 0 Å². The number of halogens is 3. The summed E-state index contributed by atoms with van der Waals surface area (Å²) < 4.78 is 39.9. The summed E-state index contributed by atoms with van der Waals surface area (Å²) in [5, 5.41) is 5.19. The van der Waals surface area contributed by atoms with Gasteiger partial charge in [0.15, 0.2) is 11.6 Å². The summed E-state index contributed by atoms with van der Waals surface area (Å²) in [6, 6.07) is 2.84. The van der Waals surface area contributed by atoms with Gasteiger partial charge in [-0.2, -0.15) is 4.98 Å². The van der Waals surface area contributed by atoms with Gasteiger partial charge in [-0.05, 0) is 19.1 Å². The lowest BCUT2D eigenvalue weighted by molar-refractivity contribution is 0.601. The van der Waals surface area contributed by atoms with Crippen molar-refractivity contribution in [2.45, 2.75) is 6.92 Å². The van der Waals surface area contributed by atoms with E-state index in [1.807, 2.05) is 6.92 Å². The summed E-state index contributed by atoms with van der Waals surface area (Å²) >= 11 is 0. The van der Waals surface area contributed by atoms with Crippen LogP contribution < -0.4 is 10.6 Å². The van der Waals surface area contributed by atoms with Gasteiger partial charge in [0.1, 0.15) is 11.6 Å². The van der Waals surface area contributed by atoms with E-state index >= 15 is 0 Å². The highest BCUT2D eigenvalue weighted by Gasteiger charge is 2.10. The highest BCUT2D eigenvalue weighted by molar-refractivity contribution is 5.58. The second kappa shape index (κ2) is 5.55. The van der Waals surface area contributed by atoms with Crippen LogP contribution in [0.25, 0.3) is 0 Å². The molecular formula is C12H11F3N4. The van der Waals surface area contributed by atoms with Crippen LogP contribution in [0.15, 0.2) is 24.4 Å². The predicted molar refractivity (Wildman–Crippen MR) is 65.8 cm³/mol. The van der Waals surface area contributed by atoms with Crippen LogP contribution >= 0.6 is 0 Å². The zero-order valence-electron chi connectivity index (χ0n) is 10.0. The molecule has 0 aliphatic rings. The Morgan fingerprint density at radius 3 is 2.68 bits per heavy atom.